The van der Waals surface area contributed by atoms with E-state index in [0.29, 0.717) is 29.1 Å². The van der Waals surface area contributed by atoms with E-state index in [2.05, 4.69) is 19.9 Å². The summed E-state index contributed by atoms with van der Waals surface area (Å²) in [6, 6.07) is 7.41. The summed E-state index contributed by atoms with van der Waals surface area (Å²) >= 11 is 0. The van der Waals surface area contributed by atoms with Gasteiger partial charge >= 0.3 is 0 Å². The Balaban J connectivity index is 1.30. The van der Waals surface area contributed by atoms with Crippen molar-refractivity contribution in [2.45, 2.75) is 6.42 Å². The number of H-pyrrole nitrogens is 1. The Bertz CT molecular complexity index is 1380. The summed E-state index contributed by atoms with van der Waals surface area (Å²) in [6.07, 6.45) is 5.57. The second kappa shape index (κ2) is 10.4. The second-order valence-corrected chi connectivity index (χ2v) is 8.52. The van der Waals surface area contributed by atoms with E-state index in [9.17, 15) is 13.6 Å². The van der Waals surface area contributed by atoms with Crippen molar-refractivity contribution in [3.05, 3.63) is 71.7 Å². The Kier molecular flexibility index (Phi) is 6.88. The number of morpholine rings is 1. The van der Waals surface area contributed by atoms with Gasteiger partial charge in [0.2, 0.25) is 11.7 Å². The van der Waals surface area contributed by atoms with Gasteiger partial charge in [0.05, 0.1) is 31.1 Å². The standard InChI is InChI=1S/C26H25F2N5O3/c27-20-3-4-21(29)24(28)23(20)25(34)19-15-32-26-18(19)12-17(14-31-26)16-2-5-22(30-13-16)36-9-1-6-33-7-10-35-11-8-33/h2-5,12-15H,1,6-11,29H2,(H,31,32). The average molecular weight is 494 g/mol. The molecular weight excluding hydrogens is 468 g/mol. The van der Waals surface area contributed by atoms with Gasteiger partial charge in [-0.1, -0.05) is 0 Å². The number of aromatic nitrogens is 3. The Labute approximate surface area is 206 Å². The van der Waals surface area contributed by atoms with E-state index >= 15 is 0 Å². The number of anilines is 1. The second-order valence-electron chi connectivity index (χ2n) is 8.52. The molecule has 4 heterocycles. The molecule has 5 rings (SSSR count). The number of ether oxygens (including phenoxy) is 2. The fourth-order valence-corrected chi connectivity index (χ4v) is 4.19. The minimum atomic E-state index is -1.08. The van der Waals surface area contributed by atoms with Crippen LogP contribution in [0.3, 0.4) is 0 Å². The largest absolute Gasteiger partial charge is 0.478 e. The molecule has 0 bridgehead atoms. The minimum absolute atomic E-state index is 0.0935. The van der Waals surface area contributed by atoms with Crippen LogP contribution in [0.2, 0.25) is 0 Å². The lowest BCUT2D eigenvalue weighted by Crippen LogP contribution is -2.37. The van der Waals surface area contributed by atoms with Crippen molar-refractivity contribution in [1.82, 2.24) is 19.9 Å². The zero-order valence-electron chi connectivity index (χ0n) is 19.5. The van der Waals surface area contributed by atoms with Crippen LogP contribution < -0.4 is 10.5 Å². The molecule has 1 fully saturated rings. The van der Waals surface area contributed by atoms with Crippen LogP contribution in [-0.4, -0.2) is 65.1 Å². The number of carbonyl (C=O) groups is 1. The van der Waals surface area contributed by atoms with Crippen LogP contribution in [-0.2, 0) is 4.74 Å². The van der Waals surface area contributed by atoms with Crippen LogP contribution >= 0.6 is 0 Å². The number of carbonyl (C=O) groups excluding carboxylic acids is 1. The number of pyridine rings is 2. The first-order valence-electron chi connectivity index (χ1n) is 11.7. The lowest BCUT2D eigenvalue weighted by atomic mass is 10.00. The lowest BCUT2D eigenvalue weighted by molar-refractivity contribution is 0.0357. The maximum Gasteiger partial charge on any atom is 0.213 e. The summed E-state index contributed by atoms with van der Waals surface area (Å²) < 4.78 is 39.9. The summed E-state index contributed by atoms with van der Waals surface area (Å²) in [4.78, 5) is 27.0. The number of rotatable bonds is 8. The topological polar surface area (TPSA) is 106 Å². The molecule has 4 aromatic rings. The van der Waals surface area contributed by atoms with E-state index in [1.54, 1.807) is 24.5 Å². The molecule has 186 valence electrons. The van der Waals surface area contributed by atoms with Crippen molar-refractivity contribution in [2.75, 3.05) is 45.2 Å². The van der Waals surface area contributed by atoms with Gasteiger partial charge in [0.15, 0.2) is 5.82 Å². The van der Waals surface area contributed by atoms with Gasteiger partial charge in [0.25, 0.3) is 0 Å². The molecule has 36 heavy (non-hydrogen) atoms. The first-order chi connectivity index (χ1) is 17.5. The number of nitrogen functional groups attached to an aromatic ring is 1. The minimum Gasteiger partial charge on any atom is -0.478 e. The summed E-state index contributed by atoms with van der Waals surface area (Å²) in [5, 5.41) is 0.433. The van der Waals surface area contributed by atoms with Crippen molar-refractivity contribution in [2.24, 2.45) is 0 Å². The smallest absolute Gasteiger partial charge is 0.213 e. The summed E-state index contributed by atoms with van der Waals surface area (Å²) in [7, 11) is 0. The molecule has 0 spiro atoms. The van der Waals surface area contributed by atoms with Crippen LogP contribution in [0.15, 0.2) is 48.9 Å². The third kappa shape index (κ3) is 4.91. The van der Waals surface area contributed by atoms with E-state index in [1.807, 2.05) is 6.07 Å². The molecule has 8 nitrogen and oxygen atoms in total. The molecule has 0 saturated carbocycles. The molecule has 1 aromatic carbocycles. The zero-order chi connectivity index (χ0) is 25.1. The number of ketones is 1. The van der Waals surface area contributed by atoms with Gasteiger partial charge in [0, 0.05) is 66.4 Å². The van der Waals surface area contributed by atoms with Crippen LogP contribution in [0.1, 0.15) is 22.3 Å². The van der Waals surface area contributed by atoms with Crippen molar-refractivity contribution in [1.29, 1.82) is 0 Å². The number of fused-ring (bicyclic) bond motifs is 1. The highest BCUT2D eigenvalue weighted by molar-refractivity contribution is 6.16. The highest BCUT2D eigenvalue weighted by Crippen LogP contribution is 2.29. The lowest BCUT2D eigenvalue weighted by Gasteiger charge is -2.26. The van der Waals surface area contributed by atoms with E-state index in [-0.39, 0.29) is 11.3 Å². The van der Waals surface area contributed by atoms with E-state index in [1.165, 1.54) is 6.20 Å². The van der Waals surface area contributed by atoms with Gasteiger partial charge in [-0.15, -0.1) is 0 Å². The maximum absolute atomic E-state index is 14.5. The molecule has 3 aromatic heterocycles. The summed E-state index contributed by atoms with van der Waals surface area (Å²) in [5.41, 5.74) is 6.50. The van der Waals surface area contributed by atoms with Crippen LogP contribution in [0.25, 0.3) is 22.2 Å². The fourth-order valence-electron chi connectivity index (χ4n) is 4.19. The number of halogens is 2. The fraction of sp³-hybridized carbons (Fsp3) is 0.269. The predicted molar refractivity (Wildman–Crippen MR) is 131 cm³/mol. The predicted octanol–water partition coefficient (Wildman–Crippen LogP) is 3.82. The highest BCUT2D eigenvalue weighted by Gasteiger charge is 2.24. The normalized spacial score (nSPS) is 14.3. The SMILES string of the molecule is Nc1ccc(F)c(C(=O)c2c[nH]c3ncc(-c4ccc(OCCCN5CCOCC5)nc4)cc23)c1F. The molecule has 1 aliphatic heterocycles. The molecule has 0 radical (unpaired) electrons. The van der Waals surface area contributed by atoms with Crippen LogP contribution in [0.4, 0.5) is 14.5 Å². The Morgan fingerprint density at radius 3 is 2.69 bits per heavy atom. The van der Waals surface area contributed by atoms with Gasteiger partial charge in [-0.25, -0.2) is 18.7 Å². The number of nitrogens with one attached hydrogen (secondary N) is 1. The first-order valence-corrected chi connectivity index (χ1v) is 11.7. The molecule has 0 amide bonds. The van der Waals surface area contributed by atoms with Crippen LogP contribution in [0.5, 0.6) is 5.88 Å². The number of hydrogen-bond acceptors (Lipinski definition) is 7. The van der Waals surface area contributed by atoms with Crippen molar-refractivity contribution in [3.8, 4) is 17.0 Å². The molecule has 0 aliphatic carbocycles. The third-order valence-electron chi connectivity index (χ3n) is 6.17. The quantitative estimate of drug-likeness (QED) is 0.218. The molecule has 10 heteroatoms. The number of nitrogens with zero attached hydrogens (tertiary/aromatic N) is 3. The molecule has 3 N–H and O–H groups in total. The van der Waals surface area contributed by atoms with Crippen molar-refractivity contribution < 1.29 is 23.0 Å². The monoisotopic (exact) mass is 493 g/mol. The van der Waals surface area contributed by atoms with Crippen molar-refractivity contribution >= 4 is 22.5 Å². The Morgan fingerprint density at radius 1 is 1.11 bits per heavy atom. The highest BCUT2D eigenvalue weighted by atomic mass is 19.1. The molecule has 1 saturated heterocycles. The zero-order valence-corrected chi connectivity index (χ0v) is 19.5. The van der Waals surface area contributed by atoms with E-state index < -0.39 is 23.0 Å². The van der Waals surface area contributed by atoms with E-state index in [4.69, 9.17) is 15.2 Å². The van der Waals surface area contributed by atoms with Gasteiger partial charge in [-0.3, -0.25) is 9.69 Å². The number of benzene rings is 1. The Hall–Kier alpha value is -3.89. The molecule has 1 aliphatic rings. The number of aromatic amines is 1. The summed E-state index contributed by atoms with van der Waals surface area (Å²) in [5.74, 6) is -2.36. The third-order valence-corrected chi connectivity index (χ3v) is 6.17. The number of hydrogen-bond donors (Lipinski definition) is 2. The van der Waals surface area contributed by atoms with Gasteiger partial charge in [-0.2, -0.15) is 0 Å². The van der Waals surface area contributed by atoms with Crippen molar-refractivity contribution in [3.63, 3.8) is 0 Å². The average Bonchev–Trinajstić information content (AvgIpc) is 3.33. The number of nitrogens with two attached hydrogens (primary N) is 1. The summed E-state index contributed by atoms with van der Waals surface area (Å²) in [6.45, 7) is 4.96. The first kappa shape index (κ1) is 23.8. The van der Waals surface area contributed by atoms with Gasteiger partial charge in [0.1, 0.15) is 11.5 Å². The van der Waals surface area contributed by atoms with E-state index in [0.717, 1.165) is 57.0 Å². The molecule has 0 unspecified atom stereocenters. The van der Waals surface area contributed by atoms with Gasteiger partial charge < -0.3 is 20.2 Å². The molecular formula is C26H25F2N5O3. The van der Waals surface area contributed by atoms with Crippen LogP contribution in [0, 0.1) is 11.6 Å². The molecule has 0 atom stereocenters. The maximum atomic E-state index is 14.5. The van der Waals surface area contributed by atoms with Gasteiger partial charge in [-0.05, 0) is 30.7 Å². The Morgan fingerprint density at radius 2 is 1.92 bits per heavy atom.